The van der Waals surface area contributed by atoms with Gasteiger partial charge in [-0.15, -0.1) is 0 Å². The highest BCUT2D eigenvalue weighted by Gasteiger charge is 2.14. The Morgan fingerprint density at radius 2 is 2.24 bits per heavy atom. The van der Waals surface area contributed by atoms with Crippen molar-refractivity contribution in [1.82, 2.24) is 5.32 Å². The maximum atomic E-state index is 11.8. The summed E-state index contributed by atoms with van der Waals surface area (Å²) in [6.07, 6.45) is 2.18. The molecule has 0 aliphatic heterocycles. The van der Waals surface area contributed by atoms with Crippen LogP contribution in [0.2, 0.25) is 0 Å². The summed E-state index contributed by atoms with van der Waals surface area (Å²) in [5.41, 5.74) is 0.523. The normalized spacial score (nSPS) is 12.1. The number of carbonyl (C=O) groups excluding carboxylic acids is 1. The number of carbonyl (C=O) groups is 2. The lowest BCUT2D eigenvalue weighted by atomic mass is 10.1. The van der Waals surface area contributed by atoms with Gasteiger partial charge in [-0.2, -0.15) is 0 Å². The van der Waals surface area contributed by atoms with Crippen LogP contribution in [0.4, 0.5) is 0 Å². The average molecular weight is 239 g/mol. The maximum Gasteiger partial charge on any atom is 0.303 e. The highest BCUT2D eigenvalue weighted by atomic mass is 16.4. The SMILES string of the molecule is CCc1occc1C(=O)NCC(C)CC(=O)O. The number of furan rings is 1. The van der Waals surface area contributed by atoms with E-state index in [-0.39, 0.29) is 18.2 Å². The van der Waals surface area contributed by atoms with Gasteiger partial charge in [-0.25, -0.2) is 0 Å². The molecule has 1 amide bonds. The summed E-state index contributed by atoms with van der Waals surface area (Å²) in [7, 11) is 0. The van der Waals surface area contributed by atoms with Gasteiger partial charge in [0.2, 0.25) is 0 Å². The fourth-order valence-electron chi connectivity index (χ4n) is 1.55. The van der Waals surface area contributed by atoms with Crippen molar-refractivity contribution in [2.75, 3.05) is 6.54 Å². The first-order valence-corrected chi connectivity index (χ1v) is 5.61. The van der Waals surface area contributed by atoms with E-state index >= 15 is 0 Å². The Hall–Kier alpha value is -1.78. The molecule has 1 unspecified atom stereocenters. The van der Waals surface area contributed by atoms with Crippen molar-refractivity contribution in [2.24, 2.45) is 5.92 Å². The lowest BCUT2D eigenvalue weighted by molar-refractivity contribution is -0.137. The molecule has 1 aromatic heterocycles. The second kappa shape index (κ2) is 6.08. The van der Waals surface area contributed by atoms with Gasteiger partial charge >= 0.3 is 5.97 Å². The summed E-state index contributed by atoms with van der Waals surface area (Å²) < 4.78 is 5.15. The van der Waals surface area contributed by atoms with Crippen molar-refractivity contribution in [3.8, 4) is 0 Å². The largest absolute Gasteiger partial charge is 0.481 e. The molecule has 5 nitrogen and oxygen atoms in total. The summed E-state index contributed by atoms with van der Waals surface area (Å²) >= 11 is 0. The number of carboxylic acids is 1. The number of aliphatic carboxylic acids is 1. The Bertz CT molecular complexity index is 397. The number of hydrogen-bond acceptors (Lipinski definition) is 3. The molecule has 0 aliphatic rings. The first-order valence-electron chi connectivity index (χ1n) is 5.61. The van der Waals surface area contributed by atoms with Crippen molar-refractivity contribution in [1.29, 1.82) is 0 Å². The summed E-state index contributed by atoms with van der Waals surface area (Å²) in [5.74, 6) is -0.515. The van der Waals surface area contributed by atoms with E-state index in [0.717, 1.165) is 0 Å². The molecule has 0 saturated carbocycles. The van der Waals surface area contributed by atoms with Crippen molar-refractivity contribution in [3.05, 3.63) is 23.7 Å². The monoisotopic (exact) mass is 239 g/mol. The third kappa shape index (κ3) is 3.94. The zero-order chi connectivity index (χ0) is 12.8. The van der Waals surface area contributed by atoms with E-state index in [9.17, 15) is 9.59 Å². The number of nitrogens with one attached hydrogen (secondary N) is 1. The second-order valence-electron chi connectivity index (χ2n) is 4.02. The molecule has 0 spiro atoms. The molecule has 0 saturated heterocycles. The molecule has 94 valence electrons. The van der Waals surface area contributed by atoms with Gasteiger partial charge in [-0.05, 0) is 12.0 Å². The van der Waals surface area contributed by atoms with E-state index in [1.165, 1.54) is 6.26 Å². The second-order valence-corrected chi connectivity index (χ2v) is 4.02. The van der Waals surface area contributed by atoms with E-state index in [0.29, 0.717) is 24.3 Å². The van der Waals surface area contributed by atoms with Gasteiger partial charge in [0.05, 0.1) is 11.8 Å². The van der Waals surface area contributed by atoms with Crippen molar-refractivity contribution < 1.29 is 19.1 Å². The number of amides is 1. The lowest BCUT2D eigenvalue weighted by Crippen LogP contribution is -2.29. The number of hydrogen-bond donors (Lipinski definition) is 2. The van der Waals surface area contributed by atoms with Crippen LogP contribution in [0.5, 0.6) is 0 Å². The van der Waals surface area contributed by atoms with E-state index in [2.05, 4.69) is 5.32 Å². The van der Waals surface area contributed by atoms with Crippen LogP contribution in [0.15, 0.2) is 16.7 Å². The Kier molecular flexibility index (Phi) is 4.75. The zero-order valence-corrected chi connectivity index (χ0v) is 10.0. The highest BCUT2D eigenvalue weighted by molar-refractivity contribution is 5.95. The van der Waals surface area contributed by atoms with E-state index in [1.54, 1.807) is 13.0 Å². The topological polar surface area (TPSA) is 79.5 Å². The van der Waals surface area contributed by atoms with Crippen LogP contribution in [0.1, 0.15) is 36.4 Å². The molecule has 0 bridgehead atoms. The summed E-state index contributed by atoms with van der Waals surface area (Å²) in [6, 6.07) is 1.62. The fourth-order valence-corrected chi connectivity index (χ4v) is 1.55. The van der Waals surface area contributed by atoms with Gasteiger partial charge in [0.25, 0.3) is 5.91 Å². The van der Waals surface area contributed by atoms with Crippen LogP contribution in [0, 0.1) is 5.92 Å². The minimum atomic E-state index is -0.857. The van der Waals surface area contributed by atoms with Crippen molar-refractivity contribution >= 4 is 11.9 Å². The Balaban J connectivity index is 2.47. The number of rotatable bonds is 6. The fraction of sp³-hybridized carbons (Fsp3) is 0.500. The summed E-state index contributed by atoms with van der Waals surface area (Å²) in [5, 5.41) is 11.3. The van der Waals surface area contributed by atoms with Crippen LogP contribution in [0.3, 0.4) is 0 Å². The smallest absolute Gasteiger partial charge is 0.303 e. The molecule has 0 aromatic carbocycles. The third-order valence-corrected chi connectivity index (χ3v) is 2.45. The van der Waals surface area contributed by atoms with Crippen LogP contribution in [-0.2, 0) is 11.2 Å². The first-order chi connectivity index (χ1) is 8.04. The van der Waals surface area contributed by atoms with Crippen molar-refractivity contribution in [3.63, 3.8) is 0 Å². The predicted octanol–water partition coefficient (Wildman–Crippen LogP) is 1.68. The summed E-state index contributed by atoms with van der Waals surface area (Å²) in [6.45, 7) is 4.03. The molecular formula is C12H17NO4. The van der Waals surface area contributed by atoms with E-state index < -0.39 is 5.97 Å². The first kappa shape index (κ1) is 13.3. The molecule has 5 heteroatoms. The van der Waals surface area contributed by atoms with Crippen LogP contribution in [-0.4, -0.2) is 23.5 Å². The van der Waals surface area contributed by atoms with Gasteiger partial charge < -0.3 is 14.8 Å². The molecule has 17 heavy (non-hydrogen) atoms. The molecular weight excluding hydrogens is 222 g/mol. The molecule has 2 N–H and O–H groups in total. The van der Waals surface area contributed by atoms with Crippen molar-refractivity contribution in [2.45, 2.75) is 26.7 Å². The predicted molar refractivity (Wildman–Crippen MR) is 61.8 cm³/mol. The Morgan fingerprint density at radius 3 is 2.82 bits per heavy atom. The molecule has 0 radical (unpaired) electrons. The minimum Gasteiger partial charge on any atom is -0.481 e. The van der Waals surface area contributed by atoms with E-state index in [4.69, 9.17) is 9.52 Å². The third-order valence-electron chi connectivity index (χ3n) is 2.45. The number of carboxylic acid groups (broad SMARTS) is 1. The average Bonchev–Trinajstić information content (AvgIpc) is 2.72. The van der Waals surface area contributed by atoms with Crippen LogP contribution < -0.4 is 5.32 Å². The van der Waals surface area contributed by atoms with Gasteiger partial charge in [0.15, 0.2) is 0 Å². The van der Waals surface area contributed by atoms with Crippen LogP contribution >= 0.6 is 0 Å². The molecule has 1 rings (SSSR count). The lowest BCUT2D eigenvalue weighted by Gasteiger charge is -2.10. The van der Waals surface area contributed by atoms with Crippen LogP contribution in [0.25, 0.3) is 0 Å². The summed E-state index contributed by atoms with van der Waals surface area (Å²) in [4.78, 5) is 22.2. The van der Waals surface area contributed by atoms with Gasteiger partial charge in [-0.3, -0.25) is 9.59 Å². The molecule has 1 atom stereocenters. The molecule has 0 fully saturated rings. The molecule has 1 aromatic rings. The quantitative estimate of drug-likeness (QED) is 0.791. The zero-order valence-electron chi connectivity index (χ0n) is 10.0. The van der Waals surface area contributed by atoms with Gasteiger partial charge in [0, 0.05) is 19.4 Å². The van der Waals surface area contributed by atoms with Gasteiger partial charge in [0.1, 0.15) is 5.76 Å². The standard InChI is InChI=1S/C12H17NO4/c1-3-10-9(4-5-17-10)12(16)13-7-8(2)6-11(14)15/h4-5,8H,3,6-7H2,1-2H3,(H,13,16)(H,14,15). The Morgan fingerprint density at radius 1 is 1.53 bits per heavy atom. The minimum absolute atomic E-state index is 0.0479. The van der Waals surface area contributed by atoms with Gasteiger partial charge in [-0.1, -0.05) is 13.8 Å². The molecule has 1 heterocycles. The Labute approximate surface area is 99.8 Å². The van der Waals surface area contributed by atoms with E-state index in [1.807, 2.05) is 6.92 Å². The number of aryl methyl sites for hydroxylation is 1. The molecule has 0 aliphatic carbocycles. The maximum absolute atomic E-state index is 11.8. The highest BCUT2D eigenvalue weighted by Crippen LogP contribution is 2.11.